The summed E-state index contributed by atoms with van der Waals surface area (Å²) in [6, 6.07) is 19.9. The van der Waals surface area contributed by atoms with E-state index in [0.29, 0.717) is 17.1 Å². The number of hydrogen-bond acceptors (Lipinski definition) is 12. The van der Waals surface area contributed by atoms with Crippen LogP contribution in [0.4, 0.5) is 22.7 Å². The van der Waals surface area contributed by atoms with Crippen molar-refractivity contribution in [2.45, 2.75) is 9.79 Å². The minimum absolute atomic E-state index is 0. The van der Waals surface area contributed by atoms with E-state index < -0.39 is 30.6 Å². The first-order chi connectivity index (χ1) is 16.2. The van der Waals surface area contributed by atoms with Gasteiger partial charge in [0.05, 0.1) is 22.0 Å². The molecule has 0 amide bonds. The molecule has 0 spiro atoms. The molecule has 37 heavy (non-hydrogen) atoms. The predicted molar refractivity (Wildman–Crippen MR) is 124 cm³/mol. The summed E-state index contributed by atoms with van der Waals surface area (Å²) >= 11 is 0. The molecule has 4 aromatic rings. The second kappa shape index (κ2) is 14.2. The van der Waals surface area contributed by atoms with Crippen molar-refractivity contribution >= 4 is 54.3 Å². The van der Waals surface area contributed by atoms with Crippen LogP contribution in [0.15, 0.2) is 109 Å². The molecule has 0 aliphatic rings. The molecule has 4 rings (SSSR count). The number of hydrogen-bond donors (Lipinski definition) is 1. The van der Waals surface area contributed by atoms with Crippen molar-refractivity contribution < 1.29 is 91.1 Å². The molecule has 0 saturated heterocycles. The minimum Gasteiger partial charge on any atom is -0.870 e. The molecule has 0 radical (unpaired) electrons. The summed E-state index contributed by atoms with van der Waals surface area (Å²) < 4.78 is 57.7. The standard InChI is InChI=1S/C22H15N4O6S2.2Na.H2O/c27-19-11-6-14-12-18(34(30,31)32)13-20(33(28)29)21(14)22(19)26-25-17-9-7-16(8-10-17)24-23-15-4-2-1-3-5-15;;;/h1-13,27H,(H,30,31,32);;;1H2/q-1;2*+1;/p-2. The monoisotopic (exact) mass is 557 g/mol. The molecule has 0 unspecified atom stereocenters. The second-order valence-corrected chi connectivity index (χ2v) is 9.18. The van der Waals surface area contributed by atoms with Gasteiger partial charge in [0.15, 0.2) is 0 Å². The van der Waals surface area contributed by atoms with Gasteiger partial charge in [-0.1, -0.05) is 35.2 Å². The number of fused-ring (bicyclic) bond motifs is 1. The summed E-state index contributed by atoms with van der Waals surface area (Å²) in [5.41, 5.74) is 1.43. The quantitative estimate of drug-likeness (QED) is 0.147. The number of azo groups is 2. The van der Waals surface area contributed by atoms with Crippen molar-refractivity contribution in [2.24, 2.45) is 20.5 Å². The molecule has 0 bridgehead atoms. The Kier molecular flexibility index (Phi) is 12.7. The Morgan fingerprint density at radius 3 is 1.76 bits per heavy atom. The van der Waals surface area contributed by atoms with Gasteiger partial charge in [-0.15, -0.1) is 5.11 Å². The smallest absolute Gasteiger partial charge is 0.870 e. The Hall–Kier alpha value is -2.04. The Balaban J connectivity index is 0.00000228. The van der Waals surface area contributed by atoms with E-state index in [1.165, 1.54) is 12.1 Å². The SMILES string of the molecule is O=[S-](=O)c1cc(S(=O)(=O)[O-])cc2ccc(O)c(N=Nc3ccc(N=Nc4ccccc4)cc3)c12.[Na+].[Na+].[OH-]. The van der Waals surface area contributed by atoms with Crippen LogP contribution in [0.3, 0.4) is 0 Å². The summed E-state index contributed by atoms with van der Waals surface area (Å²) in [6.45, 7) is 0. The first-order valence-corrected chi connectivity index (χ1v) is 12.0. The third kappa shape index (κ3) is 8.22. The van der Waals surface area contributed by atoms with Crippen LogP contribution in [0.5, 0.6) is 5.75 Å². The average molecular weight is 557 g/mol. The van der Waals surface area contributed by atoms with Gasteiger partial charge < -0.3 is 23.6 Å². The van der Waals surface area contributed by atoms with Crippen LogP contribution in [0, 0.1) is 0 Å². The first kappa shape index (κ1) is 33.0. The van der Waals surface area contributed by atoms with Gasteiger partial charge in [0.2, 0.25) is 0 Å². The molecular formula is C22H15N4Na2O7S2-. The third-order valence-electron chi connectivity index (χ3n) is 4.63. The molecule has 4 aromatic carbocycles. The van der Waals surface area contributed by atoms with Gasteiger partial charge in [0, 0.05) is 0 Å². The van der Waals surface area contributed by atoms with Crippen LogP contribution in [0.2, 0.25) is 0 Å². The number of benzene rings is 4. The molecule has 0 aliphatic heterocycles. The van der Waals surface area contributed by atoms with E-state index in [-0.39, 0.29) is 86.8 Å². The number of aromatic hydroxyl groups is 1. The number of rotatable bonds is 6. The molecule has 0 atom stereocenters. The zero-order chi connectivity index (χ0) is 24.3. The number of phenols is 1. The van der Waals surface area contributed by atoms with Crippen LogP contribution in [0.1, 0.15) is 0 Å². The predicted octanol–water partition coefficient (Wildman–Crippen LogP) is -0.220. The normalized spacial score (nSPS) is 11.3. The summed E-state index contributed by atoms with van der Waals surface area (Å²) in [5.74, 6) is -0.381. The van der Waals surface area contributed by atoms with Gasteiger partial charge >= 0.3 is 59.1 Å². The van der Waals surface area contributed by atoms with Crippen molar-refractivity contribution in [3.8, 4) is 5.75 Å². The van der Waals surface area contributed by atoms with E-state index in [1.54, 1.807) is 36.4 Å². The summed E-state index contributed by atoms with van der Waals surface area (Å²) in [7, 11) is -7.84. The fraction of sp³-hybridized carbons (Fsp3) is 0. The molecule has 0 aromatic heterocycles. The summed E-state index contributed by atoms with van der Waals surface area (Å²) in [4.78, 5) is -1.22. The van der Waals surface area contributed by atoms with Crippen molar-refractivity contribution in [3.05, 3.63) is 78.9 Å². The van der Waals surface area contributed by atoms with Crippen molar-refractivity contribution in [3.63, 3.8) is 0 Å². The molecule has 2 N–H and O–H groups in total. The van der Waals surface area contributed by atoms with Crippen LogP contribution < -0.4 is 59.1 Å². The van der Waals surface area contributed by atoms with Crippen LogP contribution in [-0.4, -0.2) is 23.6 Å². The molecule has 11 nitrogen and oxygen atoms in total. The maximum atomic E-state index is 11.8. The molecule has 0 aliphatic carbocycles. The van der Waals surface area contributed by atoms with Crippen LogP contribution in [0.25, 0.3) is 10.8 Å². The average Bonchev–Trinajstić information content (AvgIpc) is 2.82. The summed E-state index contributed by atoms with van der Waals surface area (Å²) in [6.07, 6.45) is 0. The molecule has 180 valence electrons. The van der Waals surface area contributed by atoms with Gasteiger partial charge in [-0.3, -0.25) is 0 Å². The molecule has 0 fully saturated rings. The van der Waals surface area contributed by atoms with Gasteiger partial charge in [0.1, 0.15) is 21.6 Å². The van der Waals surface area contributed by atoms with E-state index in [9.17, 15) is 26.5 Å². The summed E-state index contributed by atoms with van der Waals surface area (Å²) in [5, 5.41) is 26.5. The van der Waals surface area contributed by atoms with Crippen LogP contribution in [-0.2, 0) is 29.2 Å². The number of phenolic OH excluding ortho intramolecular Hbond substituents is 1. The van der Waals surface area contributed by atoms with Crippen molar-refractivity contribution in [2.75, 3.05) is 0 Å². The second-order valence-electron chi connectivity index (χ2n) is 6.89. The van der Waals surface area contributed by atoms with E-state index in [0.717, 1.165) is 12.1 Å². The van der Waals surface area contributed by atoms with E-state index in [4.69, 9.17) is 0 Å². The molecule has 0 heterocycles. The largest absolute Gasteiger partial charge is 1.00 e. The van der Waals surface area contributed by atoms with Crippen molar-refractivity contribution in [1.29, 1.82) is 0 Å². The Morgan fingerprint density at radius 2 is 1.24 bits per heavy atom. The minimum atomic E-state index is -4.91. The van der Waals surface area contributed by atoms with Crippen molar-refractivity contribution in [1.82, 2.24) is 0 Å². The zero-order valence-corrected chi connectivity index (χ0v) is 25.2. The maximum absolute atomic E-state index is 11.8. The van der Waals surface area contributed by atoms with Gasteiger partial charge in [-0.25, -0.2) is 8.42 Å². The van der Waals surface area contributed by atoms with Gasteiger partial charge in [0.25, 0.3) is 0 Å². The Labute approximate surface area is 258 Å². The van der Waals surface area contributed by atoms with Gasteiger partial charge in [-0.2, -0.15) is 15.3 Å². The van der Waals surface area contributed by atoms with Crippen LogP contribution >= 0.6 is 0 Å². The van der Waals surface area contributed by atoms with E-state index in [1.807, 2.05) is 18.2 Å². The topological polar surface area (TPSA) is 191 Å². The third-order valence-corrected chi connectivity index (χ3v) is 6.12. The Morgan fingerprint density at radius 1 is 0.730 bits per heavy atom. The maximum Gasteiger partial charge on any atom is 1.00 e. The molecule has 15 heteroatoms. The number of nitrogens with zero attached hydrogens (tertiary/aromatic N) is 4. The van der Waals surface area contributed by atoms with Gasteiger partial charge in [-0.05, 0) is 70.0 Å². The molecular weight excluding hydrogens is 542 g/mol. The fourth-order valence-corrected chi connectivity index (χ4v) is 4.26. The zero-order valence-electron chi connectivity index (χ0n) is 19.5. The first-order valence-electron chi connectivity index (χ1n) is 9.56. The van der Waals surface area contributed by atoms with E-state index >= 15 is 0 Å². The fourth-order valence-electron chi connectivity index (χ4n) is 3.05. The van der Waals surface area contributed by atoms with E-state index in [2.05, 4.69) is 20.5 Å². The Bertz CT molecular complexity index is 1620. The molecule has 0 saturated carbocycles.